The standard InChI is InChI=1S/C16H16N2O3S/c17-22(20,21)15-8-6-14(7-9-15)18-16(19)13-5-4-11-2-1-3-12(11)10-13/h4-10H,1-3H2,(H,18,19)(H2,17,20,21). The number of aryl methyl sites for hydroxylation is 2. The first-order valence-electron chi connectivity index (χ1n) is 6.99. The van der Waals surface area contributed by atoms with Crippen molar-refractivity contribution in [3.05, 3.63) is 59.2 Å². The molecular weight excluding hydrogens is 300 g/mol. The van der Waals surface area contributed by atoms with Crippen molar-refractivity contribution in [3.63, 3.8) is 0 Å². The van der Waals surface area contributed by atoms with Gasteiger partial charge in [-0.1, -0.05) is 6.07 Å². The number of carbonyl (C=O) groups excluding carboxylic acids is 1. The van der Waals surface area contributed by atoms with Crippen molar-refractivity contribution in [2.75, 3.05) is 5.32 Å². The Morgan fingerprint density at radius 2 is 1.68 bits per heavy atom. The van der Waals surface area contributed by atoms with E-state index in [1.807, 2.05) is 18.2 Å². The molecule has 0 saturated carbocycles. The van der Waals surface area contributed by atoms with Gasteiger partial charge >= 0.3 is 0 Å². The summed E-state index contributed by atoms with van der Waals surface area (Å²) >= 11 is 0. The molecule has 0 atom stereocenters. The van der Waals surface area contributed by atoms with Crippen LogP contribution in [0.2, 0.25) is 0 Å². The molecule has 0 bridgehead atoms. The summed E-state index contributed by atoms with van der Waals surface area (Å²) in [4.78, 5) is 12.3. The van der Waals surface area contributed by atoms with E-state index in [-0.39, 0.29) is 10.8 Å². The molecule has 0 radical (unpaired) electrons. The zero-order chi connectivity index (χ0) is 15.7. The summed E-state index contributed by atoms with van der Waals surface area (Å²) < 4.78 is 22.4. The Morgan fingerprint density at radius 1 is 1.00 bits per heavy atom. The topological polar surface area (TPSA) is 89.3 Å². The van der Waals surface area contributed by atoms with E-state index >= 15 is 0 Å². The van der Waals surface area contributed by atoms with Crippen LogP contribution < -0.4 is 10.5 Å². The molecule has 3 rings (SSSR count). The number of anilines is 1. The summed E-state index contributed by atoms with van der Waals surface area (Å²) in [6.45, 7) is 0. The molecule has 1 amide bonds. The third kappa shape index (κ3) is 3.03. The molecule has 0 unspecified atom stereocenters. The van der Waals surface area contributed by atoms with Gasteiger partial charge in [-0.25, -0.2) is 13.6 Å². The van der Waals surface area contributed by atoms with Gasteiger partial charge in [0.1, 0.15) is 0 Å². The summed E-state index contributed by atoms with van der Waals surface area (Å²) in [6, 6.07) is 11.5. The van der Waals surface area contributed by atoms with Gasteiger partial charge in [0.15, 0.2) is 0 Å². The molecule has 2 aromatic rings. The lowest BCUT2D eigenvalue weighted by molar-refractivity contribution is 0.102. The highest BCUT2D eigenvalue weighted by atomic mass is 32.2. The summed E-state index contributed by atoms with van der Waals surface area (Å²) in [7, 11) is -3.72. The molecule has 0 saturated heterocycles. The highest BCUT2D eigenvalue weighted by Gasteiger charge is 2.14. The number of sulfonamides is 1. The first-order chi connectivity index (χ1) is 10.4. The average Bonchev–Trinajstić information content (AvgIpc) is 2.94. The van der Waals surface area contributed by atoms with Crippen molar-refractivity contribution in [3.8, 4) is 0 Å². The predicted octanol–water partition coefficient (Wildman–Crippen LogP) is 2.08. The largest absolute Gasteiger partial charge is 0.322 e. The average molecular weight is 316 g/mol. The number of hydrogen-bond donors (Lipinski definition) is 2. The van der Waals surface area contributed by atoms with Gasteiger partial charge in [0.25, 0.3) is 5.91 Å². The molecule has 1 aliphatic carbocycles. The van der Waals surface area contributed by atoms with E-state index in [9.17, 15) is 13.2 Å². The van der Waals surface area contributed by atoms with Crippen LogP contribution in [0.5, 0.6) is 0 Å². The Balaban J connectivity index is 1.77. The SMILES string of the molecule is NS(=O)(=O)c1ccc(NC(=O)c2ccc3c(c2)CCC3)cc1. The fourth-order valence-electron chi connectivity index (χ4n) is 2.64. The Hall–Kier alpha value is -2.18. The first-order valence-corrected chi connectivity index (χ1v) is 8.54. The molecular formula is C16H16N2O3S. The fraction of sp³-hybridized carbons (Fsp3) is 0.188. The van der Waals surface area contributed by atoms with E-state index in [0.717, 1.165) is 19.3 Å². The molecule has 2 aromatic carbocycles. The van der Waals surface area contributed by atoms with E-state index in [1.165, 1.54) is 35.4 Å². The highest BCUT2D eigenvalue weighted by Crippen LogP contribution is 2.23. The molecule has 6 heteroatoms. The third-order valence-corrected chi connectivity index (χ3v) is 4.73. The van der Waals surface area contributed by atoms with Gasteiger partial charge < -0.3 is 5.32 Å². The Labute approximate surface area is 129 Å². The monoisotopic (exact) mass is 316 g/mol. The molecule has 0 spiro atoms. The van der Waals surface area contributed by atoms with Gasteiger partial charge in [-0.2, -0.15) is 0 Å². The lowest BCUT2D eigenvalue weighted by Crippen LogP contribution is -2.14. The van der Waals surface area contributed by atoms with Crippen LogP contribution in [0.3, 0.4) is 0 Å². The minimum atomic E-state index is -3.72. The minimum absolute atomic E-state index is 0.0167. The van der Waals surface area contributed by atoms with E-state index in [2.05, 4.69) is 5.32 Å². The van der Waals surface area contributed by atoms with Crippen molar-refractivity contribution >= 4 is 21.6 Å². The lowest BCUT2D eigenvalue weighted by Gasteiger charge is -2.07. The smallest absolute Gasteiger partial charge is 0.255 e. The van der Waals surface area contributed by atoms with Crippen LogP contribution in [-0.2, 0) is 22.9 Å². The summed E-state index contributed by atoms with van der Waals surface area (Å²) in [5.74, 6) is -0.210. The number of rotatable bonds is 3. The van der Waals surface area contributed by atoms with Gasteiger partial charge in [0, 0.05) is 11.3 Å². The highest BCUT2D eigenvalue weighted by molar-refractivity contribution is 7.89. The Bertz CT molecular complexity index is 827. The molecule has 114 valence electrons. The van der Waals surface area contributed by atoms with Crippen molar-refractivity contribution in [2.24, 2.45) is 5.14 Å². The van der Waals surface area contributed by atoms with Crippen LogP contribution in [0.15, 0.2) is 47.4 Å². The number of amides is 1. The fourth-order valence-corrected chi connectivity index (χ4v) is 3.16. The van der Waals surface area contributed by atoms with E-state index < -0.39 is 10.0 Å². The second-order valence-corrected chi connectivity index (χ2v) is 6.92. The molecule has 22 heavy (non-hydrogen) atoms. The zero-order valence-electron chi connectivity index (χ0n) is 11.9. The lowest BCUT2D eigenvalue weighted by atomic mass is 10.1. The molecule has 0 aromatic heterocycles. The van der Waals surface area contributed by atoms with Gasteiger partial charge in [-0.15, -0.1) is 0 Å². The van der Waals surface area contributed by atoms with E-state index in [4.69, 9.17) is 5.14 Å². The molecule has 5 nitrogen and oxygen atoms in total. The maximum Gasteiger partial charge on any atom is 0.255 e. The van der Waals surface area contributed by atoms with E-state index in [1.54, 1.807) is 0 Å². The molecule has 3 N–H and O–H groups in total. The normalized spacial score (nSPS) is 13.7. The van der Waals surface area contributed by atoms with Crippen molar-refractivity contribution in [1.82, 2.24) is 0 Å². The summed E-state index contributed by atoms with van der Waals surface area (Å²) in [6.07, 6.45) is 3.22. The number of primary sulfonamides is 1. The molecule has 0 fully saturated rings. The van der Waals surface area contributed by atoms with E-state index in [0.29, 0.717) is 11.3 Å². The van der Waals surface area contributed by atoms with Crippen molar-refractivity contribution in [2.45, 2.75) is 24.2 Å². The van der Waals surface area contributed by atoms with Gasteiger partial charge in [0.2, 0.25) is 10.0 Å². The van der Waals surface area contributed by atoms with Crippen molar-refractivity contribution in [1.29, 1.82) is 0 Å². The number of carbonyl (C=O) groups is 1. The van der Waals surface area contributed by atoms with Crippen LogP contribution in [0.4, 0.5) is 5.69 Å². The molecule has 0 heterocycles. The number of benzene rings is 2. The van der Waals surface area contributed by atoms with Gasteiger partial charge in [-0.3, -0.25) is 4.79 Å². The quantitative estimate of drug-likeness (QED) is 0.908. The van der Waals surface area contributed by atoms with Crippen LogP contribution in [0.25, 0.3) is 0 Å². The predicted molar refractivity (Wildman–Crippen MR) is 84.2 cm³/mol. The third-order valence-electron chi connectivity index (χ3n) is 3.80. The maximum atomic E-state index is 12.2. The van der Waals surface area contributed by atoms with Crippen LogP contribution in [0.1, 0.15) is 27.9 Å². The maximum absolute atomic E-state index is 12.2. The number of nitrogens with two attached hydrogens (primary N) is 1. The van der Waals surface area contributed by atoms with Crippen LogP contribution >= 0.6 is 0 Å². The Morgan fingerprint density at radius 3 is 2.36 bits per heavy atom. The minimum Gasteiger partial charge on any atom is -0.322 e. The first kappa shape index (κ1) is 14.7. The molecule has 1 aliphatic rings. The number of hydrogen-bond acceptors (Lipinski definition) is 3. The number of nitrogens with one attached hydrogen (secondary N) is 1. The summed E-state index contributed by atoms with van der Waals surface area (Å²) in [5, 5.41) is 7.79. The Kier molecular flexibility index (Phi) is 3.72. The van der Waals surface area contributed by atoms with Gasteiger partial charge in [0.05, 0.1) is 4.90 Å². The number of fused-ring (bicyclic) bond motifs is 1. The second kappa shape index (κ2) is 5.55. The van der Waals surface area contributed by atoms with Crippen molar-refractivity contribution < 1.29 is 13.2 Å². The zero-order valence-corrected chi connectivity index (χ0v) is 12.7. The molecule has 0 aliphatic heterocycles. The second-order valence-electron chi connectivity index (χ2n) is 5.36. The van der Waals surface area contributed by atoms with Gasteiger partial charge in [-0.05, 0) is 66.8 Å². The van der Waals surface area contributed by atoms with Crippen LogP contribution in [-0.4, -0.2) is 14.3 Å². The van der Waals surface area contributed by atoms with Crippen LogP contribution in [0, 0.1) is 0 Å². The summed E-state index contributed by atoms with van der Waals surface area (Å²) in [5.41, 5.74) is 3.68.